The maximum Gasteiger partial charge on any atom is 0.254 e. The fraction of sp³-hybridized carbons (Fsp3) is 0.588. The van der Waals surface area contributed by atoms with Crippen molar-refractivity contribution in [3.8, 4) is 11.5 Å². The van der Waals surface area contributed by atoms with Crippen LogP contribution in [0.2, 0.25) is 0 Å². The van der Waals surface area contributed by atoms with Crippen molar-refractivity contribution in [2.24, 2.45) is 11.7 Å². The molecule has 2 rings (SSSR count). The van der Waals surface area contributed by atoms with E-state index in [1.54, 1.807) is 20.3 Å². The summed E-state index contributed by atoms with van der Waals surface area (Å²) in [6, 6.07) is 3.73. The number of benzene rings is 1. The minimum atomic E-state index is 0.0452. The van der Waals surface area contributed by atoms with Gasteiger partial charge in [-0.1, -0.05) is 0 Å². The maximum atomic E-state index is 12.8. The lowest BCUT2D eigenvalue weighted by Crippen LogP contribution is -2.45. The fourth-order valence-electron chi connectivity index (χ4n) is 3.00. The van der Waals surface area contributed by atoms with Crippen molar-refractivity contribution in [3.63, 3.8) is 0 Å². The van der Waals surface area contributed by atoms with Gasteiger partial charge in [0, 0.05) is 24.7 Å². The lowest BCUT2D eigenvalue weighted by Gasteiger charge is -2.35. The van der Waals surface area contributed by atoms with E-state index in [0.717, 1.165) is 31.5 Å². The Morgan fingerprint density at radius 2 is 1.95 bits per heavy atom. The van der Waals surface area contributed by atoms with Crippen molar-refractivity contribution < 1.29 is 14.3 Å². The standard InChI is InChI=1S/C17H26N2O3/c1-11-8-15(21-3)16(22-4)9-14(11)17(20)19-7-5-6-13(10-19)12(2)18/h8-9,12-13H,5-7,10,18H2,1-4H3. The third-order valence-corrected chi connectivity index (χ3v) is 4.45. The predicted molar refractivity (Wildman–Crippen MR) is 86.6 cm³/mol. The Balaban J connectivity index is 2.25. The molecular weight excluding hydrogens is 280 g/mol. The Bertz CT molecular complexity index is 543. The first-order valence-electron chi connectivity index (χ1n) is 7.75. The number of hydrogen-bond donors (Lipinski definition) is 1. The average Bonchev–Trinajstić information content (AvgIpc) is 2.53. The van der Waals surface area contributed by atoms with Gasteiger partial charge in [-0.25, -0.2) is 0 Å². The van der Waals surface area contributed by atoms with Crippen LogP contribution in [0.15, 0.2) is 12.1 Å². The smallest absolute Gasteiger partial charge is 0.254 e. The van der Waals surface area contributed by atoms with Crippen molar-refractivity contribution in [3.05, 3.63) is 23.3 Å². The van der Waals surface area contributed by atoms with Gasteiger partial charge in [0.2, 0.25) is 0 Å². The van der Waals surface area contributed by atoms with Gasteiger partial charge in [0.1, 0.15) is 0 Å². The molecule has 5 heteroatoms. The van der Waals surface area contributed by atoms with E-state index in [-0.39, 0.29) is 11.9 Å². The van der Waals surface area contributed by atoms with Crippen molar-refractivity contribution >= 4 is 5.91 Å². The van der Waals surface area contributed by atoms with Crippen LogP contribution in [0.3, 0.4) is 0 Å². The van der Waals surface area contributed by atoms with Gasteiger partial charge in [-0.3, -0.25) is 4.79 Å². The number of amides is 1. The number of ether oxygens (including phenoxy) is 2. The van der Waals surface area contributed by atoms with Crippen molar-refractivity contribution in [1.82, 2.24) is 4.90 Å². The quantitative estimate of drug-likeness (QED) is 0.926. The zero-order chi connectivity index (χ0) is 16.3. The molecule has 2 atom stereocenters. The number of methoxy groups -OCH3 is 2. The molecule has 5 nitrogen and oxygen atoms in total. The van der Waals surface area contributed by atoms with Crippen LogP contribution in [0.25, 0.3) is 0 Å². The lowest BCUT2D eigenvalue weighted by molar-refractivity contribution is 0.0660. The SMILES string of the molecule is COc1cc(C)c(C(=O)N2CCCC(C(C)N)C2)cc1OC. The number of piperidine rings is 1. The number of nitrogens with two attached hydrogens (primary N) is 1. The van der Waals surface area contributed by atoms with E-state index in [1.165, 1.54) is 0 Å². The Morgan fingerprint density at radius 3 is 2.55 bits per heavy atom. The van der Waals surface area contributed by atoms with Gasteiger partial charge in [-0.05, 0) is 50.3 Å². The van der Waals surface area contributed by atoms with E-state index in [4.69, 9.17) is 15.2 Å². The molecule has 1 saturated heterocycles. The normalized spacial score (nSPS) is 19.7. The van der Waals surface area contributed by atoms with Gasteiger partial charge in [0.25, 0.3) is 5.91 Å². The second-order valence-corrected chi connectivity index (χ2v) is 6.03. The molecule has 22 heavy (non-hydrogen) atoms. The number of carbonyl (C=O) groups is 1. The summed E-state index contributed by atoms with van der Waals surface area (Å²) in [7, 11) is 3.17. The summed E-state index contributed by atoms with van der Waals surface area (Å²) in [4.78, 5) is 14.8. The van der Waals surface area contributed by atoms with E-state index in [0.29, 0.717) is 23.0 Å². The first-order chi connectivity index (χ1) is 10.5. The molecule has 1 aromatic rings. The van der Waals surface area contributed by atoms with Crippen molar-refractivity contribution in [1.29, 1.82) is 0 Å². The van der Waals surface area contributed by atoms with Gasteiger partial charge >= 0.3 is 0 Å². The Morgan fingerprint density at radius 1 is 1.32 bits per heavy atom. The maximum absolute atomic E-state index is 12.8. The third-order valence-electron chi connectivity index (χ3n) is 4.45. The van der Waals surface area contributed by atoms with Crippen LogP contribution >= 0.6 is 0 Å². The second kappa shape index (κ2) is 7.01. The molecule has 0 bridgehead atoms. The molecule has 0 saturated carbocycles. The topological polar surface area (TPSA) is 64.8 Å². The van der Waals surface area contributed by atoms with Crippen LogP contribution in [-0.4, -0.2) is 44.2 Å². The van der Waals surface area contributed by atoms with Crippen LogP contribution < -0.4 is 15.2 Å². The van der Waals surface area contributed by atoms with Crippen LogP contribution in [0.4, 0.5) is 0 Å². The summed E-state index contributed by atoms with van der Waals surface area (Å²) in [5, 5.41) is 0. The molecule has 1 aliphatic heterocycles. The summed E-state index contributed by atoms with van der Waals surface area (Å²) in [5.41, 5.74) is 7.57. The van der Waals surface area contributed by atoms with Crippen molar-refractivity contribution in [2.45, 2.75) is 32.7 Å². The third kappa shape index (κ3) is 3.35. The lowest BCUT2D eigenvalue weighted by atomic mass is 9.91. The summed E-state index contributed by atoms with van der Waals surface area (Å²) in [6.45, 7) is 5.45. The van der Waals surface area contributed by atoms with E-state index in [1.807, 2.05) is 24.8 Å². The van der Waals surface area contributed by atoms with Gasteiger partial charge in [-0.15, -0.1) is 0 Å². The number of nitrogens with zero attached hydrogens (tertiary/aromatic N) is 1. The molecule has 2 N–H and O–H groups in total. The van der Waals surface area contributed by atoms with Gasteiger partial charge in [0.05, 0.1) is 14.2 Å². The molecule has 0 aliphatic carbocycles. The molecule has 1 heterocycles. The van der Waals surface area contributed by atoms with Gasteiger partial charge in [0.15, 0.2) is 11.5 Å². The van der Waals surface area contributed by atoms with Gasteiger partial charge < -0.3 is 20.1 Å². The number of carbonyl (C=O) groups excluding carboxylic acids is 1. The number of aryl methyl sites for hydroxylation is 1. The highest BCUT2D eigenvalue weighted by Gasteiger charge is 2.27. The highest BCUT2D eigenvalue weighted by atomic mass is 16.5. The summed E-state index contributed by atoms with van der Waals surface area (Å²) < 4.78 is 10.6. The van der Waals surface area contributed by atoms with Gasteiger partial charge in [-0.2, -0.15) is 0 Å². The molecule has 122 valence electrons. The highest BCUT2D eigenvalue weighted by Crippen LogP contribution is 2.31. The fourth-order valence-corrected chi connectivity index (χ4v) is 3.00. The van der Waals surface area contributed by atoms with Crippen molar-refractivity contribution in [2.75, 3.05) is 27.3 Å². The summed E-state index contributed by atoms with van der Waals surface area (Å²) in [5.74, 6) is 1.64. The molecule has 0 aromatic heterocycles. The molecule has 0 spiro atoms. The monoisotopic (exact) mass is 306 g/mol. The first kappa shape index (κ1) is 16.6. The average molecular weight is 306 g/mol. The summed E-state index contributed by atoms with van der Waals surface area (Å²) >= 11 is 0. The van der Waals surface area contributed by atoms with E-state index >= 15 is 0 Å². The number of hydrogen-bond acceptors (Lipinski definition) is 4. The summed E-state index contributed by atoms with van der Waals surface area (Å²) in [6.07, 6.45) is 2.09. The van der Waals surface area contributed by atoms with Crippen LogP contribution in [0, 0.1) is 12.8 Å². The molecule has 2 unspecified atom stereocenters. The second-order valence-electron chi connectivity index (χ2n) is 6.03. The number of rotatable bonds is 4. The Labute approximate surface area is 132 Å². The minimum Gasteiger partial charge on any atom is -0.493 e. The molecule has 1 fully saturated rings. The molecule has 0 radical (unpaired) electrons. The Kier molecular flexibility index (Phi) is 5.29. The molecule has 1 amide bonds. The molecule has 1 aliphatic rings. The largest absolute Gasteiger partial charge is 0.493 e. The first-order valence-corrected chi connectivity index (χ1v) is 7.75. The zero-order valence-corrected chi connectivity index (χ0v) is 13.9. The zero-order valence-electron chi connectivity index (χ0n) is 13.9. The van der Waals surface area contributed by atoms with Crippen LogP contribution in [0.1, 0.15) is 35.7 Å². The number of likely N-dealkylation sites (tertiary alicyclic amines) is 1. The predicted octanol–water partition coefficient (Wildman–Crippen LogP) is 2.21. The van der Waals surface area contributed by atoms with E-state index in [2.05, 4.69) is 0 Å². The van der Waals surface area contributed by atoms with Crippen LogP contribution in [-0.2, 0) is 0 Å². The Hall–Kier alpha value is -1.75. The highest BCUT2D eigenvalue weighted by molar-refractivity contribution is 5.96. The molecular formula is C17H26N2O3. The molecule has 1 aromatic carbocycles. The van der Waals surface area contributed by atoms with Crippen LogP contribution in [0.5, 0.6) is 11.5 Å². The van der Waals surface area contributed by atoms with E-state index in [9.17, 15) is 4.79 Å². The minimum absolute atomic E-state index is 0.0452. The van der Waals surface area contributed by atoms with E-state index < -0.39 is 0 Å².